The van der Waals surface area contributed by atoms with Crippen molar-refractivity contribution in [1.82, 2.24) is 0 Å². The first-order valence-electron chi connectivity index (χ1n) is 2.13. The van der Waals surface area contributed by atoms with Crippen LogP contribution in [0.15, 0.2) is 0 Å². The Kier molecular flexibility index (Phi) is 19.0. The van der Waals surface area contributed by atoms with E-state index in [1.54, 1.807) is 0 Å². The van der Waals surface area contributed by atoms with E-state index in [0.29, 0.717) is 0 Å². The number of carboxylic acids is 1. The molecule has 0 aromatic carbocycles. The molecule has 0 rings (SSSR count). The normalized spacial score (nSPS) is 5.67. The zero-order valence-electron chi connectivity index (χ0n) is 5.58. The minimum atomic E-state index is -0.833. The van der Waals surface area contributed by atoms with Gasteiger partial charge >= 0.3 is 0 Å². The van der Waals surface area contributed by atoms with Gasteiger partial charge in [-0.3, -0.25) is 4.79 Å². The third-order valence-electron chi connectivity index (χ3n) is 0. The number of aliphatic carboxylic acids is 1. The van der Waals surface area contributed by atoms with Crippen LogP contribution >= 0.6 is 0 Å². The summed E-state index contributed by atoms with van der Waals surface area (Å²) in [5, 5.41) is 7.42. The molecule has 3 nitrogen and oxygen atoms in total. The van der Waals surface area contributed by atoms with Crippen LogP contribution in [0.2, 0.25) is 0 Å². The molecule has 0 bridgehead atoms. The number of hydrogen-bond acceptors (Lipinski definition) is 2. The Hall–Kier alpha value is -0.172. The van der Waals surface area contributed by atoms with Crippen LogP contribution in [0.4, 0.5) is 0 Å². The van der Waals surface area contributed by atoms with E-state index < -0.39 is 5.97 Å². The van der Waals surface area contributed by atoms with Crippen LogP contribution in [-0.4, -0.2) is 16.9 Å². The van der Waals surface area contributed by atoms with Crippen molar-refractivity contribution in [3.8, 4) is 0 Å². The summed E-state index contributed by atoms with van der Waals surface area (Å²) in [6.45, 7) is 4.14. The van der Waals surface area contributed by atoms with E-state index in [2.05, 4.69) is 0 Å². The van der Waals surface area contributed by atoms with Crippen molar-refractivity contribution >= 4 is 11.8 Å². The van der Waals surface area contributed by atoms with E-state index in [1.807, 2.05) is 0 Å². The third-order valence-corrected chi connectivity index (χ3v) is 0. The summed E-state index contributed by atoms with van der Waals surface area (Å²) in [5.74, 6) is -0.667. The van der Waals surface area contributed by atoms with Gasteiger partial charge in [-0.1, -0.05) is 0 Å². The van der Waals surface area contributed by atoms with Gasteiger partial charge in [-0.15, -0.1) is 0 Å². The van der Waals surface area contributed by atoms with Gasteiger partial charge in [0.15, 0.2) is 0 Å². The van der Waals surface area contributed by atoms with Crippen LogP contribution in [0.3, 0.4) is 0 Å². The van der Waals surface area contributed by atoms with E-state index in [-0.39, 0.29) is 26.8 Å². The number of hydrogen-bond donors (Lipinski definition) is 1. The molecule has 0 unspecified atom stereocenters. The Balaban J connectivity index is -0.0000000720. The fourth-order valence-corrected chi connectivity index (χ4v) is 0. The smallest absolute Gasteiger partial charge is 0.300 e. The Bertz CT molecular complexity index is 70.2. The first-order valence-corrected chi connectivity index (χ1v) is 2.13. The molecule has 4 heteroatoms. The summed E-state index contributed by atoms with van der Waals surface area (Å²) in [7, 11) is 0. The number of rotatable bonds is 0. The molecule has 0 heterocycles. The SMILES string of the molecule is CC(=O)O.CC(C)=O.[Pt]. The predicted octanol–water partition coefficient (Wildman–Crippen LogP) is 0.684. The molecule has 0 atom stereocenters. The molecule has 0 saturated heterocycles. The molecule has 0 aromatic heterocycles. The molecule has 0 fully saturated rings. The van der Waals surface area contributed by atoms with Gasteiger partial charge in [0, 0.05) is 28.0 Å². The molecule has 0 aliphatic carbocycles. The summed E-state index contributed by atoms with van der Waals surface area (Å²) in [6.07, 6.45) is 0. The minimum absolute atomic E-state index is 0. The standard InChI is InChI=1S/C3H6O.C2H4O2.Pt/c1-3(2)4;1-2(3)4;/h1-2H3;1H3,(H,3,4);. The van der Waals surface area contributed by atoms with Crippen LogP contribution in [0, 0.1) is 0 Å². The second-order valence-corrected chi connectivity index (χ2v) is 1.43. The Morgan fingerprint density at radius 2 is 1.11 bits per heavy atom. The van der Waals surface area contributed by atoms with Gasteiger partial charge in [0.1, 0.15) is 5.78 Å². The fraction of sp³-hybridized carbons (Fsp3) is 0.600. The molecule has 0 aliphatic rings. The van der Waals surface area contributed by atoms with Crippen LogP contribution in [-0.2, 0) is 30.7 Å². The van der Waals surface area contributed by atoms with Crippen molar-refractivity contribution in [3.05, 3.63) is 0 Å². The zero-order valence-corrected chi connectivity index (χ0v) is 7.85. The molecule has 0 spiro atoms. The predicted molar refractivity (Wildman–Crippen MR) is 29.7 cm³/mol. The first-order chi connectivity index (χ1) is 3.46. The maximum absolute atomic E-state index is 9.44. The fourth-order valence-electron chi connectivity index (χ4n) is 0. The maximum atomic E-state index is 9.44. The van der Waals surface area contributed by atoms with E-state index in [4.69, 9.17) is 9.90 Å². The molecule has 0 radical (unpaired) electrons. The van der Waals surface area contributed by atoms with E-state index in [0.717, 1.165) is 6.92 Å². The quantitative estimate of drug-likeness (QED) is 0.716. The summed E-state index contributed by atoms with van der Waals surface area (Å²) in [4.78, 5) is 18.4. The van der Waals surface area contributed by atoms with E-state index >= 15 is 0 Å². The molecule has 0 amide bonds. The van der Waals surface area contributed by atoms with Crippen molar-refractivity contribution in [2.75, 3.05) is 0 Å². The second-order valence-electron chi connectivity index (χ2n) is 1.43. The molecular weight excluding hydrogens is 303 g/mol. The van der Waals surface area contributed by atoms with Gasteiger partial charge in [-0.2, -0.15) is 0 Å². The monoisotopic (exact) mass is 313 g/mol. The van der Waals surface area contributed by atoms with Crippen LogP contribution in [0.1, 0.15) is 20.8 Å². The van der Waals surface area contributed by atoms with Crippen molar-refractivity contribution in [2.24, 2.45) is 0 Å². The Morgan fingerprint density at radius 3 is 1.11 bits per heavy atom. The number of carbonyl (C=O) groups is 2. The third kappa shape index (κ3) is 9020. The Morgan fingerprint density at radius 1 is 1.11 bits per heavy atom. The van der Waals surface area contributed by atoms with Crippen molar-refractivity contribution in [3.63, 3.8) is 0 Å². The number of ketones is 1. The van der Waals surface area contributed by atoms with Crippen LogP contribution in [0.5, 0.6) is 0 Å². The number of carbonyl (C=O) groups excluding carboxylic acids is 1. The first kappa shape index (κ1) is 15.9. The van der Waals surface area contributed by atoms with E-state index in [9.17, 15) is 4.79 Å². The molecule has 0 saturated carbocycles. The van der Waals surface area contributed by atoms with Gasteiger partial charge in [0.05, 0.1) is 0 Å². The van der Waals surface area contributed by atoms with Crippen molar-refractivity contribution in [1.29, 1.82) is 0 Å². The minimum Gasteiger partial charge on any atom is -0.481 e. The van der Waals surface area contributed by atoms with Crippen molar-refractivity contribution < 1.29 is 35.8 Å². The Labute approximate surface area is 68.7 Å². The molecule has 9 heavy (non-hydrogen) atoms. The largest absolute Gasteiger partial charge is 0.481 e. The molecule has 0 aliphatic heterocycles. The summed E-state index contributed by atoms with van der Waals surface area (Å²) in [5.41, 5.74) is 0. The summed E-state index contributed by atoms with van der Waals surface area (Å²) < 4.78 is 0. The number of Topliss-reactive ketones (excluding diaryl/α,β-unsaturated/α-hetero) is 1. The van der Waals surface area contributed by atoms with Crippen LogP contribution < -0.4 is 0 Å². The summed E-state index contributed by atoms with van der Waals surface area (Å²) in [6, 6.07) is 0. The maximum Gasteiger partial charge on any atom is 0.300 e. The topological polar surface area (TPSA) is 54.4 Å². The molecule has 58 valence electrons. The second kappa shape index (κ2) is 10.7. The van der Waals surface area contributed by atoms with E-state index in [1.165, 1.54) is 13.8 Å². The zero-order chi connectivity index (χ0) is 7.15. The van der Waals surface area contributed by atoms with Crippen LogP contribution in [0.25, 0.3) is 0 Å². The molecular formula is C5H10O3Pt. The molecule has 0 aromatic rings. The van der Waals surface area contributed by atoms with Gasteiger partial charge < -0.3 is 9.90 Å². The van der Waals surface area contributed by atoms with Gasteiger partial charge in [-0.05, 0) is 13.8 Å². The summed E-state index contributed by atoms with van der Waals surface area (Å²) >= 11 is 0. The van der Waals surface area contributed by atoms with Gasteiger partial charge in [0.25, 0.3) is 5.97 Å². The van der Waals surface area contributed by atoms with Gasteiger partial charge in [0.2, 0.25) is 0 Å². The van der Waals surface area contributed by atoms with Gasteiger partial charge in [-0.25, -0.2) is 0 Å². The molecule has 1 N–H and O–H groups in total. The average molecular weight is 313 g/mol. The van der Waals surface area contributed by atoms with Crippen molar-refractivity contribution in [2.45, 2.75) is 20.8 Å². The number of carboxylic acid groups (broad SMARTS) is 1. The average Bonchev–Trinajstić information content (AvgIpc) is 1.25.